The van der Waals surface area contributed by atoms with Crippen molar-refractivity contribution in [3.63, 3.8) is 0 Å². The van der Waals surface area contributed by atoms with Crippen LogP contribution in [0.15, 0.2) is 72.1 Å². The van der Waals surface area contributed by atoms with Gasteiger partial charge in [-0.25, -0.2) is 12.7 Å². The fourth-order valence-corrected chi connectivity index (χ4v) is 4.21. The van der Waals surface area contributed by atoms with Gasteiger partial charge in [-0.2, -0.15) is 0 Å². The molecule has 2 aromatic rings. The lowest BCUT2D eigenvalue weighted by atomic mass is 10.1. The zero-order chi connectivity index (χ0) is 15.0. The molecule has 2 aromatic carbocycles. The van der Waals surface area contributed by atoms with Gasteiger partial charge in [0, 0.05) is 0 Å². The topological polar surface area (TPSA) is 54.5 Å². The third-order valence-corrected chi connectivity index (χ3v) is 5.29. The molecule has 0 bridgehead atoms. The van der Waals surface area contributed by atoms with Crippen LogP contribution in [-0.4, -0.2) is 18.6 Å². The smallest absolute Gasteiger partial charge is 0.268 e. The zero-order valence-corrected chi connectivity index (χ0v) is 12.0. The molecule has 0 saturated carbocycles. The van der Waals surface area contributed by atoms with E-state index in [1.807, 2.05) is 6.07 Å². The molecule has 1 atom stereocenters. The molecular formula is C16H13NO3S. The van der Waals surface area contributed by atoms with Gasteiger partial charge in [0.15, 0.2) is 0 Å². The number of fused-ring (bicyclic) bond motifs is 1. The lowest BCUT2D eigenvalue weighted by Crippen LogP contribution is -2.33. The summed E-state index contributed by atoms with van der Waals surface area (Å²) in [5.74, 6) is -0.514. The Balaban J connectivity index is 2.16. The molecule has 0 aromatic heterocycles. The standard InChI is InChI=1S/C16H13NO3S/c1-2-14(12-8-4-3-5-9-12)17-16(18)13-10-6-7-11-15(13)21(17,19)20/h2-11,14H,1H2. The second-order valence-corrected chi connectivity index (χ2v) is 6.48. The van der Waals surface area contributed by atoms with E-state index in [2.05, 4.69) is 6.58 Å². The number of benzene rings is 2. The SMILES string of the molecule is C=CC(c1ccccc1)N1C(=O)c2ccccc2S1(=O)=O. The van der Waals surface area contributed by atoms with Crippen LogP contribution in [0.3, 0.4) is 0 Å². The van der Waals surface area contributed by atoms with Gasteiger partial charge in [-0.3, -0.25) is 4.79 Å². The maximum atomic E-state index is 12.6. The van der Waals surface area contributed by atoms with Gasteiger partial charge in [-0.05, 0) is 17.7 Å². The summed E-state index contributed by atoms with van der Waals surface area (Å²) in [4.78, 5) is 12.5. The van der Waals surface area contributed by atoms with Gasteiger partial charge in [0.1, 0.15) is 4.90 Å². The first-order chi connectivity index (χ1) is 10.1. The van der Waals surface area contributed by atoms with Gasteiger partial charge in [0.05, 0.1) is 11.6 Å². The number of amides is 1. The first-order valence-electron chi connectivity index (χ1n) is 6.42. The molecule has 0 N–H and O–H groups in total. The molecule has 0 aliphatic carbocycles. The van der Waals surface area contributed by atoms with Crippen molar-refractivity contribution in [3.8, 4) is 0 Å². The molecule has 1 amide bonds. The second kappa shape index (κ2) is 4.86. The van der Waals surface area contributed by atoms with E-state index in [4.69, 9.17) is 0 Å². The van der Waals surface area contributed by atoms with Gasteiger partial charge in [0.25, 0.3) is 15.9 Å². The molecule has 1 unspecified atom stereocenters. The number of hydrogen-bond acceptors (Lipinski definition) is 3. The van der Waals surface area contributed by atoms with Crippen molar-refractivity contribution in [2.24, 2.45) is 0 Å². The van der Waals surface area contributed by atoms with E-state index < -0.39 is 22.0 Å². The van der Waals surface area contributed by atoms with Crippen LogP contribution >= 0.6 is 0 Å². The fourth-order valence-electron chi connectivity index (χ4n) is 2.50. The van der Waals surface area contributed by atoms with Gasteiger partial charge < -0.3 is 0 Å². The van der Waals surface area contributed by atoms with E-state index in [-0.39, 0.29) is 10.5 Å². The Bertz CT molecular complexity index is 812. The lowest BCUT2D eigenvalue weighted by Gasteiger charge is -2.24. The summed E-state index contributed by atoms with van der Waals surface area (Å²) in [6.45, 7) is 3.69. The number of nitrogens with zero attached hydrogens (tertiary/aromatic N) is 1. The van der Waals surface area contributed by atoms with Crippen LogP contribution in [0.4, 0.5) is 0 Å². The Morgan fingerprint density at radius 1 is 1.00 bits per heavy atom. The minimum absolute atomic E-state index is 0.0535. The number of rotatable bonds is 3. The van der Waals surface area contributed by atoms with E-state index >= 15 is 0 Å². The molecule has 21 heavy (non-hydrogen) atoms. The van der Waals surface area contributed by atoms with Crippen LogP contribution in [0.2, 0.25) is 0 Å². The Labute approximate surface area is 123 Å². The molecule has 0 fully saturated rings. The minimum Gasteiger partial charge on any atom is -0.268 e. The molecule has 3 rings (SSSR count). The van der Waals surface area contributed by atoms with Crippen LogP contribution in [-0.2, 0) is 10.0 Å². The summed E-state index contributed by atoms with van der Waals surface area (Å²) in [7, 11) is -3.84. The molecule has 0 radical (unpaired) electrons. The van der Waals surface area contributed by atoms with Crippen LogP contribution < -0.4 is 0 Å². The predicted molar refractivity (Wildman–Crippen MR) is 79.2 cm³/mol. The molecule has 1 heterocycles. The summed E-state index contributed by atoms with van der Waals surface area (Å²) in [5.41, 5.74) is 0.914. The monoisotopic (exact) mass is 299 g/mol. The van der Waals surface area contributed by atoms with E-state index in [1.54, 1.807) is 36.4 Å². The number of carbonyl (C=O) groups is 1. The van der Waals surface area contributed by atoms with Gasteiger partial charge in [-0.1, -0.05) is 48.5 Å². The van der Waals surface area contributed by atoms with Crippen molar-refractivity contribution in [2.75, 3.05) is 0 Å². The van der Waals surface area contributed by atoms with Crippen molar-refractivity contribution in [1.82, 2.24) is 4.31 Å². The molecule has 0 spiro atoms. The maximum absolute atomic E-state index is 12.6. The van der Waals surface area contributed by atoms with Gasteiger partial charge in [0.2, 0.25) is 0 Å². The first-order valence-corrected chi connectivity index (χ1v) is 7.86. The van der Waals surface area contributed by atoms with Crippen LogP contribution in [0.1, 0.15) is 22.0 Å². The molecule has 1 aliphatic heterocycles. The minimum atomic E-state index is -3.84. The highest BCUT2D eigenvalue weighted by Crippen LogP contribution is 2.37. The highest BCUT2D eigenvalue weighted by atomic mass is 32.2. The molecule has 5 heteroatoms. The van der Waals surface area contributed by atoms with E-state index in [1.165, 1.54) is 18.2 Å². The quantitative estimate of drug-likeness (QED) is 0.819. The maximum Gasteiger partial charge on any atom is 0.269 e. The van der Waals surface area contributed by atoms with Crippen molar-refractivity contribution in [1.29, 1.82) is 0 Å². The second-order valence-electron chi connectivity index (χ2n) is 4.69. The molecule has 4 nitrogen and oxygen atoms in total. The Morgan fingerprint density at radius 2 is 1.62 bits per heavy atom. The average molecular weight is 299 g/mol. The summed E-state index contributed by atoms with van der Waals surface area (Å²) in [6, 6.07) is 14.5. The Morgan fingerprint density at radius 3 is 2.24 bits per heavy atom. The summed E-state index contributed by atoms with van der Waals surface area (Å²) < 4.78 is 26.2. The van der Waals surface area contributed by atoms with Crippen LogP contribution in [0, 0.1) is 0 Å². The van der Waals surface area contributed by atoms with Crippen LogP contribution in [0.25, 0.3) is 0 Å². The van der Waals surface area contributed by atoms with Gasteiger partial charge >= 0.3 is 0 Å². The van der Waals surface area contributed by atoms with Crippen molar-refractivity contribution in [2.45, 2.75) is 10.9 Å². The van der Waals surface area contributed by atoms with Crippen LogP contribution in [0.5, 0.6) is 0 Å². The highest BCUT2D eigenvalue weighted by molar-refractivity contribution is 7.90. The van der Waals surface area contributed by atoms with Crippen molar-refractivity contribution >= 4 is 15.9 Å². The molecular weight excluding hydrogens is 286 g/mol. The molecule has 1 aliphatic rings. The first kappa shape index (κ1) is 13.6. The predicted octanol–water partition coefficient (Wildman–Crippen LogP) is 2.76. The van der Waals surface area contributed by atoms with Crippen molar-refractivity contribution in [3.05, 3.63) is 78.4 Å². The fraction of sp³-hybridized carbons (Fsp3) is 0.0625. The number of sulfonamides is 1. The highest BCUT2D eigenvalue weighted by Gasteiger charge is 2.44. The average Bonchev–Trinajstić information content (AvgIpc) is 2.71. The van der Waals surface area contributed by atoms with E-state index in [9.17, 15) is 13.2 Å². The third kappa shape index (κ3) is 1.97. The van der Waals surface area contributed by atoms with E-state index in [0.29, 0.717) is 5.56 Å². The molecule has 0 saturated heterocycles. The summed E-state index contributed by atoms with van der Waals surface area (Å²) >= 11 is 0. The normalized spacial score (nSPS) is 17.3. The molecule has 106 valence electrons. The zero-order valence-electron chi connectivity index (χ0n) is 11.1. The Kier molecular flexibility index (Phi) is 3.14. The number of carbonyl (C=O) groups excluding carboxylic acids is 1. The largest absolute Gasteiger partial charge is 0.269 e. The van der Waals surface area contributed by atoms with Gasteiger partial charge in [-0.15, -0.1) is 6.58 Å². The van der Waals surface area contributed by atoms with Crippen molar-refractivity contribution < 1.29 is 13.2 Å². The third-order valence-electron chi connectivity index (χ3n) is 3.47. The van der Waals surface area contributed by atoms with E-state index in [0.717, 1.165) is 4.31 Å². The summed E-state index contributed by atoms with van der Waals surface area (Å²) in [5, 5.41) is 0. The number of hydrogen-bond donors (Lipinski definition) is 0. The Hall–Kier alpha value is -2.40. The summed E-state index contributed by atoms with van der Waals surface area (Å²) in [6.07, 6.45) is 1.47. The lowest BCUT2D eigenvalue weighted by molar-refractivity contribution is 0.0849.